The normalized spacial score (nSPS) is 19.4. The number of benzene rings is 2. The number of aryl methyl sites for hydroxylation is 1. The summed E-state index contributed by atoms with van der Waals surface area (Å²) in [6.07, 6.45) is -1.90. The highest BCUT2D eigenvalue weighted by molar-refractivity contribution is 7.52. The standard InChI is InChI=1S/C28H29N4O9P/c1-19-17-32(28(36)30-26(19)34)25-16-22(41-27(35)21-11-6-3-7-12-21)23(40-25)18-39-42(37,38-14-8-13-29)31-24(33)15-20-9-4-2-5-10-20/h2-7,9-12,17,22-23,25H,8,14-16,18H2,1H3,(H,30,34,36)(H,31,33,37)/t22-,23+,25+,42?/m0/s1. The lowest BCUT2D eigenvalue weighted by molar-refractivity contribution is -0.119. The number of hydrogen-bond donors (Lipinski definition) is 2. The first-order chi connectivity index (χ1) is 20.2. The Balaban J connectivity index is 1.53. The third-order valence-corrected chi connectivity index (χ3v) is 7.79. The molecule has 0 spiro atoms. The Labute approximate surface area is 240 Å². The van der Waals surface area contributed by atoms with Crippen molar-refractivity contribution in [2.24, 2.45) is 0 Å². The lowest BCUT2D eigenvalue weighted by Gasteiger charge is -2.23. The number of aromatic nitrogens is 2. The minimum absolute atomic E-state index is 0.00204. The van der Waals surface area contributed by atoms with Crippen LogP contribution in [0, 0.1) is 18.3 Å². The first-order valence-electron chi connectivity index (χ1n) is 13.0. The SMILES string of the molecule is Cc1cn([C@H]2C[C@H](OC(=O)c3ccccc3)[C@@H](COP(=O)(NC(=O)Cc3ccccc3)OCCC#N)O2)c(=O)[nH]c1=O. The van der Waals surface area contributed by atoms with E-state index in [0.29, 0.717) is 5.56 Å². The van der Waals surface area contributed by atoms with Crippen LogP contribution < -0.4 is 16.3 Å². The van der Waals surface area contributed by atoms with Gasteiger partial charge in [-0.2, -0.15) is 5.26 Å². The molecule has 13 nitrogen and oxygen atoms in total. The molecule has 1 aromatic heterocycles. The molecule has 0 aliphatic carbocycles. The minimum Gasteiger partial charge on any atom is -0.456 e. The number of nitrogens with zero attached hydrogens (tertiary/aromatic N) is 2. The maximum absolute atomic E-state index is 13.5. The van der Waals surface area contributed by atoms with Crippen molar-refractivity contribution in [1.29, 1.82) is 5.26 Å². The van der Waals surface area contributed by atoms with Crippen LogP contribution in [0.1, 0.15) is 40.6 Å². The van der Waals surface area contributed by atoms with E-state index in [1.807, 2.05) is 6.07 Å². The summed E-state index contributed by atoms with van der Waals surface area (Å²) in [7, 11) is -4.32. The van der Waals surface area contributed by atoms with Gasteiger partial charge in [0.25, 0.3) is 5.56 Å². The molecule has 1 aliphatic heterocycles. The lowest BCUT2D eigenvalue weighted by Crippen LogP contribution is -2.34. The number of esters is 1. The quantitative estimate of drug-likeness (QED) is 0.179. The fraction of sp³-hybridized carbons (Fsp3) is 0.321. The third kappa shape index (κ3) is 8.11. The zero-order chi connectivity index (χ0) is 30.1. The van der Waals surface area contributed by atoms with Gasteiger partial charge in [-0.25, -0.2) is 14.2 Å². The molecule has 14 heteroatoms. The summed E-state index contributed by atoms with van der Waals surface area (Å²) in [5.74, 6) is -1.31. The Hall–Kier alpha value is -4.34. The second-order valence-corrected chi connectivity index (χ2v) is 11.1. The molecule has 1 unspecified atom stereocenters. The minimum atomic E-state index is -4.32. The Morgan fingerprint density at radius 3 is 2.50 bits per heavy atom. The first-order valence-corrected chi connectivity index (χ1v) is 14.6. The van der Waals surface area contributed by atoms with Gasteiger partial charge < -0.3 is 9.47 Å². The number of rotatable bonds is 12. The van der Waals surface area contributed by atoms with Crippen LogP contribution in [0.4, 0.5) is 0 Å². The van der Waals surface area contributed by atoms with E-state index in [9.17, 15) is 23.7 Å². The van der Waals surface area contributed by atoms with Crippen molar-refractivity contribution in [1.82, 2.24) is 14.6 Å². The maximum Gasteiger partial charge on any atom is 0.435 e. The van der Waals surface area contributed by atoms with Gasteiger partial charge in [-0.3, -0.25) is 33.3 Å². The Morgan fingerprint density at radius 2 is 1.81 bits per heavy atom. The van der Waals surface area contributed by atoms with Crippen LogP contribution in [-0.2, 0) is 34.3 Å². The van der Waals surface area contributed by atoms with E-state index >= 15 is 0 Å². The summed E-state index contributed by atoms with van der Waals surface area (Å²) in [4.78, 5) is 52.1. The number of amides is 1. The van der Waals surface area contributed by atoms with Crippen LogP contribution in [0.5, 0.6) is 0 Å². The van der Waals surface area contributed by atoms with Gasteiger partial charge in [-0.15, -0.1) is 0 Å². The number of nitriles is 1. The summed E-state index contributed by atoms with van der Waals surface area (Å²) in [6, 6.07) is 18.8. The summed E-state index contributed by atoms with van der Waals surface area (Å²) in [6.45, 7) is 0.756. The van der Waals surface area contributed by atoms with Gasteiger partial charge >= 0.3 is 19.4 Å². The molecule has 2 N–H and O–H groups in total. The molecule has 1 saturated heterocycles. The van der Waals surface area contributed by atoms with Gasteiger partial charge in [0.15, 0.2) is 0 Å². The molecule has 1 aliphatic rings. The van der Waals surface area contributed by atoms with Gasteiger partial charge in [0.05, 0.1) is 37.7 Å². The van der Waals surface area contributed by atoms with Crippen molar-refractivity contribution < 1.29 is 32.7 Å². The topological polar surface area (TPSA) is 179 Å². The first kappa shape index (κ1) is 30.6. The third-order valence-electron chi connectivity index (χ3n) is 6.26. The van der Waals surface area contributed by atoms with Crippen molar-refractivity contribution in [3.63, 3.8) is 0 Å². The van der Waals surface area contributed by atoms with Crippen molar-refractivity contribution >= 4 is 19.6 Å². The number of aromatic amines is 1. The Kier molecular flexibility index (Phi) is 10.2. The number of ether oxygens (including phenoxy) is 2. The molecule has 0 bridgehead atoms. The summed E-state index contributed by atoms with van der Waals surface area (Å²) in [5, 5.41) is 11.2. The van der Waals surface area contributed by atoms with Crippen molar-refractivity contribution in [3.8, 4) is 6.07 Å². The van der Waals surface area contributed by atoms with Crippen LogP contribution in [0.2, 0.25) is 0 Å². The van der Waals surface area contributed by atoms with Crippen molar-refractivity contribution in [2.75, 3.05) is 13.2 Å². The molecule has 220 valence electrons. The van der Waals surface area contributed by atoms with E-state index in [2.05, 4.69) is 10.1 Å². The second kappa shape index (κ2) is 14.0. The number of hydrogen-bond acceptors (Lipinski definition) is 10. The Morgan fingerprint density at radius 1 is 1.12 bits per heavy atom. The summed E-state index contributed by atoms with van der Waals surface area (Å²) in [5.41, 5.74) is -0.0921. The lowest BCUT2D eigenvalue weighted by atomic mass is 10.1. The number of carbonyl (C=O) groups is 2. The molecule has 2 heterocycles. The smallest absolute Gasteiger partial charge is 0.435 e. The predicted molar refractivity (Wildman–Crippen MR) is 148 cm³/mol. The predicted octanol–water partition coefficient (Wildman–Crippen LogP) is 2.77. The van der Waals surface area contributed by atoms with Crippen molar-refractivity contribution in [3.05, 3.63) is 104 Å². The second-order valence-electron chi connectivity index (χ2n) is 9.39. The fourth-order valence-electron chi connectivity index (χ4n) is 4.18. The summed E-state index contributed by atoms with van der Waals surface area (Å²) >= 11 is 0. The average Bonchev–Trinajstić information content (AvgIpc) is 3.37. The molecule has 2 aromatic carbocycles. The number of H-pyrrole nitrogens is 1. The van der Waals surface area contributed by atoms with E-state index in [1.165, 1.54) is 13.1 Å². The highest BCUT2D eigenvalue weighted by Gasteiger charge is 2.42. The van der Waals surface area contributed by atoms with Crippen molar-refractivity contribution in [2.45, 2.75) is 44.6 Å². The van der Waals surface area contributed by atoms with E-state index in [-0.39, 0.29) is 37.0 Å². The fourth-order valence-corrected chi connectivity index (χ4v) is 5.45. The molecular formula is C28H29N4O9P. The van der Waals surface area contributed by atoms with Crippen LogP contribution in [-0.4, -0.2) is 46.8 Å². The zero-order valence-electron chi connectivity index (χ0n) is 22.6. The van der Waals surface area contributed by atoms with E-state index in [4.69, 9.17) is 23.8 Å². The number of carbonyl (C=O) groups excluding carboxylic acids is 2. The van der Waals surface area contributed by atoms with E-state index in [0.717, 1.165) is 4.57 Å². The molecule has 0 saturated carbocycles. The number of nitrogens with one attached hydrogen (secondary N) is 2. The highest BCUT2D eigenvalue weighted by Crippen LogP contribution is 2.45. The van der Waals surface area contributed by atoms with Gasteiger partial charge in [0.2, 0.25) is 5.91 Å². The zero-order valence-corrected chi connectivity index (χ0v) is 23.5. The molecular weight excluding hydrogens is 567 g/mol. The van der Waals surface area contributed by atoms with Crippen LogP contribution >= 0.6 is 7.75 Å². The van der Waals surface area contributed by atoms with E-state index < -0.39 is 55.9 Å². The molecule has 42 heavy (non-hydrogen) atoms. The van der Waals surface area contributed by atoms with Gasteiger partial charge in [0, 0.05) is 18.2 Å². The highest BCUT2D eigenvalue weighted by atomic mass is 31.2. The average molecular weight is 597 g/mol. The maximum atomic E-state index is 13.5. The summed E-state index contributed by atoms with van der Waals surface area (Å²) < 4.78 is 37.3. The Bertz CT molecular complexity index is 1600. The molecule has 3 aromatic rings. The molecule has 4 rings (SSSR count). The van der Waals surface area contributed by atoms with Gasteiger partial charge in [-0.1, -0.05) is 48.5 Å². The van der Waals surface area contributed by atoms with Crippen LogP contribution in [0.15, 0.2) is 76.4 Å². The van der Waals surface area contributed by atoms with Gasteiger partial charge in [0.1, 0.15) is 18.4 Å². The molecule has 0 radical (unpaired) electrons. The van der Waals surface area contributed by atoms with Crippen LogP contribution in [0.3, 0.4) is 0 Å². The van der Waals surface area contributed by atoms with Crippen LogP contribution in [0.25, 0.3) is 0 Å². The molecule has 1 fully saturated rings. The molecule has 1 amide bonds. The monoisotopic (exact) mass is 596 g/mol. The largest absolute Gasteiger partial charge is 0.456 e. The van der Waals surface area contributed by atoms with E-state index in [1.54, 1.807) is 60.7 Å². The molecule has 4 atom stereocenters. The van der Waals surface area contributed by atoms with Gasteiger partial charge in [-0.05, 0) is 24.6 Å².